The molecule has 0 rings (SSSR count). The van der Waals surface area contributed by atoms with Crippen molar-refractivity contribution in [3.8, 4) is 11.5 Å². The number of hydrogen-bond acceptors (Lipinski definition) is 2. The van der Waals surface area contributed by atoms with Crippen molar-refractivity contribution in [1.82, 2.24) is 0 Å². The second-order valence-electron chi connectivity index (χ2n) is 6.52. The van der Waals surface area contributed by atoms with Crippen molar-refractivity contribution in [3.05, 3.63) is 12.7 Å². The molecule has 0 aliphatic heterocycles. The summed E-state index contributed by atoms with van der Waals surface area (Å²) >= 11 is 0. The lowest BCUT2D eigenvalue weighted by molar-refractivity contribution is 0.316. The molecule has 0 bridgehead atoms. The molecule has 1 N–H and O–H groups in total. The molecule has 3 heteroatoms. The van der Waals surface area contributed by atoms with E-state index in [2.05, 4.69) is 57.1 Å². The standard InChI is InChI=1S/C16H29NOSi/c1-7-8-12-15(17-18)13-10-9-11-14-19(5,6)16(2,3)4/h7,18H,1,8-10,12-13H2,2-6H3/b17-15-. The fraction of sp³-hybridized carbons (Fsp3) is 0.688. The van der Waals surface area contributed by atoms with Crippen LogP contribution in [0.1, 0.15) is 52.9 Å². The average Bonchev–Trinajstić information content (AvgIpc) is 2.31. The summed E-state index contributed by atoms with van der Waals surface area (Å²) in [4.78, 5) is 0. The lowest BCUT2D eigenvalue weighted by Crippen LogP contribution is -2.35. The molecular formula is C16H29NOSi. The minimum absolute atomic E-state index is 0.321. The molecular weight excluding hydrogens is 250 g/mol. The molecule has 0 aromatic carbocycles. The highest BCUT2D eigenvalue weighted by Crippen LogP contribution is 2.35. The molecule has 0 spiro atoms. The van der Waals surface area contributed by atoms with Gasteiger partial charge in [-0.25, -0.2) is 0 Å². The van der Waals surface area contributed by atoms with Crippen LogP contribution in [-0.2, 0) is 0 Å². The molecule has 0 radical (unpaired) electrons. The lowest BCUT2D eigenvalue weighted by atomic mass is 10.1. The molecule has 0 amide bonds. The smallest absolute Gasteiger partial charge is 0.137 e. The monoisotopic (exact) mass is 279 g/mol. The largest absolute Gasteiger partial charge is 0.411 e. The zero-order valence-corrected chi connectivity index (χ0v) is 14.2. The number of nitrogens with zero attached hydrogens (tertiary/aromatic N) is 1. The molecule has 108 valence electrons. The Morgan fingerprint density at radius 2 is 1.95 bits per heavy atom. The van der Waals surface area contributed by atoms with Crippen molar-refractivity contribution in [2.24, 2.45) is 5.16 Å². The van der Waals surface area contributed by atoms with Gasteiger partial charge in [0.15, 0.2) is 0 Å². The highest BCUT2D eigenvalue weighted by atomic mass is 28.3. The second-order valence-corrected chi connectivity index (χ2v) is 11.5. The van der Waals surface area contributed by atoms with Gasteiger partial charge in [-0.3, -0.25) is 0 Å². The van der Waals surface area contributed by atoms with Crippen LogP contribution in [0.5, 0.6) is 0 Å². The molecule has 0 heterocycles. The summed E-state index contributed by atoms with van der Waals surface area (Å²) in [5.74, 6) is 3.32. The van der Waals surface area contributed by atoms with E-state index in [1.165, 1.54) is 0 Å². The van der Waals surface area contributed by atoms with Crippen LogP contribution in [0.4, 0.5) is 0 Å². The Kier molecular flexibility index (Phi) is 7.78. The number of rotatable bonds is 6. The first kappa shape index (κ1) is 18.0. The topological polar surface area (TPSA) is 32.6 Å². The minimum atomic E-state index is -1.47. The maximum Gasteiger partial charge on any atom is 0.137 e. The predicted molar refractivity (Wildman–Crippen MR) is 87.5 cm³/mol. The maximum absolute atomic E-state index is 8.87. The van der Waals surface area contributed by atoms with Crippen LogP contribution in [0.25, 0.3) is 0 Å². The van der Waals surface area contributed by atoms with Gasteiger partial charge in [-0.2, -0.15) is 0 Å². The van der Waals surface area contributed by atoms with Crippen LogP contribution in [0.3, 0.4) is 0 Å². The normalized spacial score (nSPS) is 12.8. The molecule has 2 nitrogen and oxygen atoms in total. The van der Waals surface area contributed by atoms with Crippen LogP contribution in [0.15, 0.2) is 17.8 Å². The van der Waals surface area contributed by atoms with E-state index >= 15 is 0 Å². The fourth-order valence-corrected chi connectivity index (χ4v) is 2.29. The van der Waals surface area contributed by atoms with Gasteiger partial charge in [-0.15, -0.1) is 18.0 Å². The number of unbranched alkanes of at least 4 members (excludes halogenated alkanes) is 1. The quantitative estimate of drug-likeness (QED) is 0.139. The lowest BCUT2D eigenvalue weighted by Gasteiger charge is -2.31. The zero-order valence-electron chi connectivity index (χ0n) is 13.2. The van der Waals surface area contributed by atoms with Gasteiger partial charge in [-0.05, 0) is 30.7 Å². The molecule has 0 saturated heterocycles. The molecule has 0 unspecified atom stereocenters. The predicted octanol–water partition coefficient (Wildman–Crippen LogP) is 5.00. The van der Waals surface area contributed by atoms with E-state index in [0.717, 1.165) is 37.8 Å². The first-order valence-corrected chi connectivity index (χ1v) is 10.1. The van der Waals surface area contributed by atoms with Gasteiger partial charge in [0.1, 0.15) is 8.07 Å². The zero-order chi connectivity index (χ0) is 14.9. The molecule has 0 aliphatic carbocycles. The van der Waals surface area contributed by atoms with Crippen molar-refractivity contribution in [2.45, 2.75) is 71.0 Å². The highest BCUT2D eigenvalue weighted by molar-refractivity contribution is 6.87. The van der Waals surface area contributed by atoms with Gasteiger partial charge in [0.25, 0.3) is 0 Å². The summed E-state index contributed by atoms with van der Waals surface area (Å²) in [6.45, 7) is 15.2. The molecule has 19 heavy (non-hydrogen) atoms. The number of hydrogen-bond donors (Lipinski definition) is 1. The Morgan fingerprint density at radius 3 is 2.42 bits per heavy atom. The van der Waals surface area contributed by atoms with E-state index in [4.69, 9.17) is 5.21 Å². The molecule has 0 aliphatic rings. The molecule has 0 atom stereocenters. The Bertz CT molecular complexity index is 366. The third-order valence-electron chi connectivity index (χ3n) is 3.82. The van der Waals surface area contributed by atoms with Gasteiger partial charge in [-0.1, -0.05) is 45.1 Å². The van der Waals surface area contributed by atoms with Crippen molar-refractivity contribution < 1.29 is 5.21 Å². The second kappa shape index (κ2) is 8.22. The van der Waals surface area contributed by atoms with Gasteiger partial charge in [0.05, 0.1) is 5.71 Å². The number of oxime groups is 1. The van der Waals surface area contributed by atoms with E-state index in [9.17, 15) is 0 Å². The van der Waals surface area contributed by atoms with E-state index in [0.29, 0.717) is 5.04 Å². The van der Waals surface area contributed by atoms with Crippen LogP contribution >= 0.6 is 0 Å². The average molecular weight is 280 g/mol. The van der Waals surface area contributed by atoms with Crippen LogP contribution in [0.2, 0.25) is 18.1 Å². The van der Waals surface area contributed by atoms with Crippen LogP contribution in [0, 0.1) is 11.5 Å². The van der Waals surface area contributed by atoms with Gasteiger partial charge in [0, 0.05) is 6.42 Å². The Balaban J connectivity index is 4.15. The first-order valence-electron chi connectivity index (χ1n) is 7.05. The summed E-state index contributed by atoms with van der Waals surface area (Å²) in [5, 5.41) is 12.5. The van der Waals surface area contributed by atoms with Crippen molar-refractivity contribution >= 4 is 13.8 Å². The van der Waals surface area contributed by atoms with Crippen LogP contribution < -0.4 is 0 Å². The summed E-state index contributed by atoms with van der Waals surface area (Å²) in [5.41, 5.74) is 4.36. The van der Waals surface area contributed by atoms with E-state index in [-0.39, 0.29) is 0 Å². The molecule has 0 fully saturated rings. The third-order valence-corrected chi connectivity index (χ3v) is 8.37. The van der Waals surface area contributed by atoms with E-state index in [1.807, 2.05) is 6.08 Å². The Morgan fingerprint density at radius 1 is 1.32 bits per heavy atom. The van der Waals surface area contributed by atoms with Crippen molar-refractivity contribution in [2.75, 3.05) is 0 Å². The van der Waals surface area contributed by atoms with Crippen molar-refractivity contribution in [3.63, 3.8) is 0 Å². The van der Waals surface area contributed by atoms with E-state index < -0.39 is 8.07 Å². The van der Waals surface area contributed by atoms with Gasteiger partial charge in [0.2, 0.25) is 0 Å². The molecule has 0 aromatic rings. The van der Waals surface area contributed by atoms with Crippen LogP contribution in [-0.4, -0.2) is 19.0 Å². The van der Waals surface area contributed by atoms with Gasteiger partial charge >= 0.3 is 0 Å². The molecule has 0 saturated carbocycles. The first-order chi connectivity index (χ1) is 8.74. The summed E-state index contributed by atoms with van der Waals surface area (Å²) in [7, 11) is -1.47. The minimum Gasteiger partial charge on any atom is -0.411 e. The highest BCUT2D eigenvalue weighted by Gasteiger charge is 2.33. The maximum atomic E-state index is 8.87. The van der Waals surface area contributed by atoms with Gasteiger partial charge < -0.3 is 5.21 Å². The summed E-state index contributed by atoms with van der Waals surface area (Å²) in [6.07, 6.45) is 6.21. The fourth-order valence-electron chi connectivity index (χ4n) is 1.35. The summed E-state index contributed by atoms with van der Waals surface area (Å²) in [6, 6.07) is 0. The van der Waals surface area contributed by atoms with Crippen molar-refractivity contribution in [1.29, 1.82) is 0 Å². The Hall–Kier alpha value is -1.01. The number of allylic oxidation sites excluding steroid dienone is 1. The molecule has 0 aromatic heterocycles. The summed E-state index contributed by atoms with van der Waals surface area (Å²) < 4.78 is 0. The SMILES string of the molecule is C=CCC/C(CCCC#C[Si](C)(C)C(C)(C)C)=N/O. The third kappa shape index (κ3) is 7.22. The Labute approximate surface area is 120 Å². The van der Waals surface area contributed by atoms with E-state index in [1.54, 1.807) is 0 Å².